The number of imidazole rings is 1. The van der Waals surface area contributed by atoms with E-state index < -0.39 is 31.1 Å². The lowest BCUT2D eigenvalue weighted by Crippen LogP contribution is -2.33. The summed E-state index contributed by atoms with van der Waals surface area (Å²) < 4.78 is 8.77. The molecule has 1 aliphatic carbocycles. The van der Waals surface area contributed by atoms with Crippen LogP contribution in [0.3, 0.4) is 0 Å². The lowest BCUT2D eigenvalue weighted by Gasteiger charge is -2.18. The Morgan fingerprint density at radius 1 is 1.17 bits per heavy atom. The van der Waals surface area contributed by atoms with Crippen LogP contribution in [0.1, 0.15) is 31.9 Å². The van der Waals surface area contributed by atoms with E-state index >= 15 is 0 Å². The molecule has 3 aromatic heterocycles. The first-order chi connectivity index (χ1) is 14.2. The number of aliphatic hydroxyl groups excluding tert-OH is 3. The van der Waals surface area contributed by atoms with Crippen molar-refractivity contribution in [2.45, 2.75) is 56.3 Å². The highest BCUT2D eigenvalue weighted by Gasteiger charge is 2.44. The van der Waals surface area contributed by atoms with Crippen molar-refractivity contribution >= 4 is 17.0 Å². The average Bonchev–Trinajstić information content (AvgIpc) is 3.51. The quantitative estimate of drug-likeness (QED) is 0.463. The van der Waals surface area contributed by atoms with E-state index in [2.05, 4.69) is 25.4 Å². The van der Waals surface area contributed by atoms with Crippen LogP contribution < -0.4 is 5.32 Å². The van der Waals surface area contributed by atoms with Crippen LogP contribution >= 0.6 is 0 Å². The fourth-order valence-corrected chi connectivity index (χ4v) is 4.05. The molecule has 2 fully saturated rings. The summed E-state index contributed by atoms with van der Waals surface area (Å²) in [5.41, 5.74) is 0.992. The predicted molar refractivity (Wildman–Crippen MR) is 101 cm³/mol. The van der Waals surface area contributed by atoms with Crippen LogP contribution in [0.15, 0.2) is 24.8 Å². The summed E-state index contributed by atoms with van der Waals surface area (Å²) in [6.07, 6.45) is 5.15. The second-order valence-electron chi connectivity index (χ2n) is 7.50. The lowest BCUT2D eigenvalue weighted by atomic mass is 10.1. The van der Waals surface area contributed by atoms with E-state index in [1.165, 1.54) is 19.2 Å². The van der Waals surface area contributed by atoms with Gasteiger partial charge in [-0.1, -0.05) is 12.8 Å². The number of ether oxygens (including phenoxy) is 1. The van der Waals surface area contributed by atoms with Crippen LogP contribution in [-0.2, 0) is 4.74 Å². The predicted octanol–water partition coefficient (Wildman–Crippen LogP) is -0.0220. The van der Waals surface area contributed by atoms with Gasteiger partial charge in [-0.05, 0) is 18.9 Å². The van der Waals surface area contributed by atoms with Crippen LogP contribution in [0.5, 0.6) is 0 Å². The maximum Gasteiger partial charge on any atom is 0.254 e. The highest BCUT2D eigenvalue weighted by Crippen LogP contribution is 2.33. The SMILES string of the molecule is OC[C@H]1O[C@@H](n2cnc3c(NC4CCCC4)nc(-n4cccn4)nc32)[C@@H](O)[C@@H]1O. The van der Waals surface area contributed by atoms with Gasteiger partial charge < -0.3 is 25.4 Å². The van der Waals surface area contributed by atoms with E-state index in [1.807, 2.05) is 0 Å². The van der Waals surface area contributed by atoms with Crippen molar-refractivity contribution in [3.8, 4) is 5.95 Å². The maximum absolute atomic E-state index is 10.4. The van der Waals surface area contributed by atoms with Crippen molar-refractivity contribution in [3.63, 3.8) is 0 Å². The zero-order valence-electron chi connectivity index (χ0n) is 15.7. The minimum atomic E-state index is -1.22. The molecule has 154 valence electrons. The van der Waals surface area contributed by atoms with E-state index in [9.17, 15) is 15.3 Å². The topological polar surface area (TPSA) is 143 Å². The Kier molecular flexibility index (Phi) is 4.66. The van der Waals surface area contributed by atoms with E-state index in [1.54, 1.807) is 27.7 Å². The minimum Gasteiger partial charge on any atom is -0.394 e. The number of aliphatic hydroxyl groups is 3. The average molecular weight is 401 g/mol. The molecule has 0 aromatic carbocycles. The first-order valence-electron chi connectivity index (χ1n) is 9.79. The van der Waals surface area contributed by atoms with Crippen LogP contribution in [0.25, 0.3) is 17.1 Å². The molecule has 1 aliphatic heterocycles. The van der Waals surface area contributed by atoms with Crippen molar-refractivity contribution in [2.75, 3.05) is 11.9 Å². The third-order valence-corrected chi connectivity index (χ3v) is 5.61. The van der Waals surface area contributed by atoms with Gasteiger partial charge in [0.15, 0.2) is 23.2 Å². The van der Waals surface area contributed by atoms with Crippen LogP contribution in [0, 0.1) is 0 Å². The fourth-order valence-electron chi connectivity index (χ4n) is 4.05. The molecule has 0 amide bonds. The standard InChI is InChI=1S/C18H23N7O4/c26-8-11-13(27)14(28)17(29-11)24-9-19-12-15(21-10-4-1-2-5-10)22-18(23-16(12)24)25-7-3-6-20-25/h3,6-7,9-11,13-14,17,26-28H,1-2,4-5,8H2,(H,21,22,23)/t11-,13-,14+,17-/m1/s1. The number of hydrogen-bond donors (Lipinski definition) is 4. The Morgan fingerprint density at radius 3 is 2.69 bits per heavy atom. The first kappa shape index (κ1) is 18.4. The van der Waals surface area contributed by atoms with E-state index in [4.69, 9.17) is 4.74 Å². The largest absolute Gasteiger partial charge is 0.394 e. The van der Waals surface area contributed by atoms with Crippen molar-refractivity contribution in [3.05, 3.63) is 24.8 Å². The molecule has 11 nitrogen and oxygen atoms in total. The smallest absolute Gasteiger partial charge is 0.254 e. The Morgan fingerprint density at radius 2 is 2.00 bits per heavy atom. The second kappa shape index (κ2) is 7.34. The third-order valence-electron chi connectivity index (χ3n) is 5.61. The molecular formula is C18H23N7O4. The normalized spacial score (nSPS) is 27.8. The van der Waals surface area contributed by atoms with E-state index in [0.717, 1.165) is 12.8 Å². The molecule has 4 N–H and O–H groups in total. The van der Waals surface area contributed by atoms with Gasteiger partial charge in [0.2, 0.25) is 0 Å². The van der Waals surface area contributed by atoms with Crippen molar-refractivity contribution in [1.82, 2.24) is 29.3 Å². The number of hydrogen-bond acceptors (Lipinski definition) is 9. The maximum atomic E-state index is 10.4. The molecule has 4 atom stereocenters. The Hall–Kier alpha value is -2.60. The van der Waals surface area contributed by atoms with Gasteiger partial charge >= 0.3 is 0 Å². The number of aromatic nitrogens is 6. The fraction of sp³-hybridized carbons (Fsp3) is 0.556. The zero-order valence-corrected chi connectivity index (χ0v) is 15.7. The molecule has 0 radical (unpaired) electrons. The van der Waals surface area contributed by atoms with Gasteiger partial charge in [0.05, 0.1) is 12.9 Å². The first-order valence-corrected chi connectivity index (χ1v) is 9.79. The highest BCUT2D eigenvalue weighted by atomic mass is 16.6. The molecule has 0 unspecified atom stereocenters. The number of nitrogens with zero attached hydrogens (tertiary/aromatic N) is 6. The van der Waals surface area contributed by atoms with Crippen LogP contribution in [0.4, 0.5) is 5.82 Å². The van der Waals surface area contributed by atoms with Crippen LogP contribution in [0.2, 0.25) is 0 Å². The summed E-state index contributed by atoms with van der Waals surface area (Å²) in [5.74, 6) is 0.953. The number of nitrogens with one attached hydrogen (secondary N) is 1. The van der Waals surface area contributed by atoms with Gasteiger partial charge in [-0.2, -0.15) is 15.1 Å². The molecular weight excluding hydrogens is 378 g/mol. The number of fused-ring (bicyclic) bond motifs is 1. The van der Waals surface area contributed by atoms with Crippen molar-refractivity contribution < 1.29 is 20.1 Å². The Balaban J connectivity index is 1.60. The van der Waals surface area contributed by atoms with Crippen LogP contribution in [-0.4, -0.2) is 75.6 Å². The van der Waals surface area contributed by atoms with E-state index in [0.29, 0.717) is 29.0 Å². The van der Waals surface area contributed by atoms with Crippen molar-refractivity contribution in [2.24, 2.45) is 0 Å². The van der Waals surface area contributed by atoms with Gasteiger partial charge in [-0.25, -0.2) is 9.67 Å². The molecule has 1 saturated carbocycles. The van der Waals surface area contributed by atoms with Gasteiger partial charge in [0.1, 0.15) is 18.3 Å². The Bertz CT molecular complexity index is 986. The molecule has 4 heterocycles. The lowest BCUT2D eigenvalue weighted by molar-refractivity contribution is -0.0511. The molecule has 5 rings (SSSR count). The summed E-state index contributed by atoms with van der Waals surface area (Å²) >= 11 is 0. The molecule has 3 aromatic rings. The molecule has 11 heteroatoms. The highest BCUT2D eigenvalue weighted by molar-refractivity contribution is 5.84. The molecule has 2 aliphatic rings. The van der Waals surface area contributed by atoms with Gasteiger partial charge in [-0.3, -0.25) is 4.57 Å². The number of rotatable bonds is 5. The third kappa shape index (κ3) is 3.15. The number of anilines is 1. The van der Waals surface area contributed by atoms with E-state index in [-0.39, 0.29) is 0 Å². The molecule has 1 saturated heterocycles. The minimum absolute atomic E-state index is 0.317. The summed E-state index contributed by atoms with van der Waals surface area (Å²) in [4.78, 5) is 13.7. The molecule has 0 spiro atoms. The zero-order chi connectivity index (χ0) is 20.0. The second-order valence-corrected chi connectivity index (χ2v) is 7.50. The summed E-state index contributed by atoms with van der Waals surface area (Å²) in [5, 5.41) is 37.6. The van der Waals surface area contributed by atoms with Gasteiger partial charge in [0.25, 0.3) is 5.95 Å². The summed E-state index contributed by atoms with van der Waals surface area (Å²) in [6.45, 7) is -0.399. The molecule has 29 heavy (non-hydrogen) atoms. The summed E-state index contributed by atoms with van der Waals surface area (Å²) in [6, 6.07) is 2.10. The van der Waals surface area contributed by atoms with Gasteiger partial charge in [0, 0.05) is 18.4 Å². The molecule has 0 bridgehead atoms. The summed E-state index contributed by atoms with van der Waals surface area (Å²) in [7, 11) is 0. The van der Waals surface area contributed by atoms with Gasteiger partial charge in [-0.15, -0.1) is 0 Å². The monoisotopic (exact) mass is 401 g/mol. The van der Waals surface area contributed by atoms with Crippen molar-refractivity contribution in [1.29, 1.82) is 0 Å². The Labute approximate surface area is 166 Å².